The highest BCUT2D eigenvalue weighted by molar-refractivity contribution is 7.85. The van der Waals surface area contributed by atoms with Gasteiger partial charge in [0.2, 0.25) is 5.91 Å². The molecule has 0 spiro atoms. The molecule has 0 saturated carbocycles. The van der Waals surface area contributed by atoms with Crippen molar-refractivity contribution in [3.05, 3.63) is 30.3 Å². The van der Waals surface area contributed by atoms with Crippen LogP contribution in [0.15, 0.2) is 35.2 Å². The van der Waals surface area contributed by atoms with Gasteiger partial charge in [-0.25, -0.2) is 4.79 Å². The van der Waals surface area contributed by atoms with E-state index in [1.165, 1.54) is 14.2 Å². The van der Waals surface area contributed by atoms with Crippen LogP contribution in [0.2, 0.25) is 0 Å². The SMILES string of the molecule is COCC(=O)N[C@H](CC[S@@](=O)c1ccccc1)C(=O)OC. The molecule has 116 valence electrons. The van der Waals surface area contributed by atoms with E-state index < -0.39 is 28.7 Å². The Kier molecular flexibility index (Phi) is 7.63. The molecule has 1 N–H and O–H groups in total. The van der Waals surface area contributed by atoms with Crippen molar-refractivity contribution in [3.8, 4) is 0 Å². The maximum atomic E-state index is 12.1. The smallest absolute Gasteiger partial charge is 0.328 e. The molecule has 0 aliphatic carbocycles. The topological polar surface area (TPSA) is 81.7 Å². The van der Waals surface area contributed by atoms with Gasteiger partial charge in [0, 0.05) is 17.8 Å². The van der Waals surface area contributed by atoms with Gasteiger partial charge in [0.05, 0.1) is 17.9 Å². The van der Waals surface area contributed by atoms with Crippen LogP contribution in [-0.2, 0) is 29.9 Å². The first-order valence-electron chi connectivity index (χ1n) is 6.38. The maximum absolute atomic E-state index is 12.1. The Hall–Kier alpha value is -1.73. The molecule has 21 heavy (non-hydrogen) atoms. The second kappa shape index (κ2) is 9.25. The molecule has 1 rings (SSSR count). The number of hydrogen-bond donors (Lipinski definition) is 1. The number of rotatable bonds is 8. The van der Waals surface area contributed by atoms with Gasteiger partial charge >= 0.3 is 5.97 Å². The Balaban J connectivity index is 2.59. The van der Waals surface area contributed by atoms with Gasteiger partial charge in [-0.05, 0) is 18.6 Å². The number of methoxy groups -OCH3 is 2. The number of nitrogens with one attached hydrogen (secondary N) is 1. The van der Waals surface area contributed by atoms with Crippen molar-refractivity contribution in [2.75, 3.05) is 26.6 Å². The van der Waals surface area contributed by atoms with Crippen LogP contribution in [0.25, 0.3) is 0 Å². The van der Waals surface area contributed by atoms with Gasteiger partial charge in [0.1, 0.15) is 12.6 Å². The molecule has 0 bridgehead atoms. The molecule has 0 heterocycles. The van der Waals surface area contributed by atoms with Gasteiger partial charge in [-0.3, -0.25) is 9.00 Å². The third-order valence-corrected chi connectivity index (χ3v) is 4.10. The molecule has 7 heteroatoms. The molecule has 0 aliphatic heterocycles. The van der Waals surface area contributed by atoms with E-state index in [0.29, 0.717) is 4.90 Å². The summed E-state index contributed by atoms with van der Waals surface area (Å²) >= 11 is 0. The fraction of sp³-hybridized carbons (Fsp3) is 0.429. The molecule has 0 radical (unpaired) electrons. The van der Waals surface area contributed by atoms with Crippen molar-refractivity contribution in [1.29, 1.82) is 0 Å². The molecule has 1 aromatic rings. The van der Waals surface area contributed by atoms with Crippen LogP contribution in [0.5, 0.6) is 0 Å². The Morgan fingerprint density at radius 2 is 1.90 bits per heavy atom. The molecule has 0 unspecified atom stereocenters. The Morgan fingerprint density at radius 1 is 1.24 bits per heavy atom. The monoisotopic (exact) mass is 313 g/mol. The zero-order chi connectivity index (χ0) is 15.7. The van der Waals surface area contributed by atoms with Crippen LogP contribution in [0.1, 0.15) is 6.42 Å². The minimum atomic E-state index is -1.23. The van der Waals surface area contributed by atoms with Crippen molar-refractivity contribution in [3.63, 3.8) is 0 Å². The number of benzene rings is 1. The Morgan fingerprint density at radius 3 is 2.48 bits per heavy atom. The van der Waals surface area contributed by atoms with Crippen LogP contribution < -0.4 is 5.32 Å². The van der Waals surface area contributed by atoms with Gasteiger partial charge in [-0.2, -0.15) is 0 Å². The quantitative estimate of drug-likeness (QED) is 0.706. The van der Waals surface area contributed by atoms with Gasteiger partial charge in [-0.1, -0.05) is 18.2 Å². The van der Waals surface area contributed by atoms with E-state index in [1.54, 1.807) is 24.3 Å². The maximum Gasteiger partial charge on any atom is 0.328 e. The molecule has 6 nitrogen and oxygen atoms in total. The zero-order valence-electron chi connectivity index (χ0n) is 12.0. The normalized spacial score (nSPS) is 13.2. The zero-order valence-corrected chi connectivity index (χ0v) is 12.9. The Bertz CT molecular complexity index is 491. The summed E-state index contributed by atoms with van der Waals surface area (Å²) in [5.41, 5.74) is 0. The molecule has 1 amide bonds. The lowest BCUT2D eigenvalue weighted by Gasteiger charge is -2.16. The summed E-state index contributed by atoms with van der Waals surface area (Å²) in [4.78, 5) is 23.8. The largest absolute Gasteiger partial charge is 0.467 e. The lowest BCUT2D eigenvalue weighted by Crippen LogP contribution is -2.43. The van der Waals surface area contributed by atoms with E-state index in [0.717, 1.165) is 0 Å². The molecule has 0 fully saturated rings. The first-order chi connectivity index (χ1) is 10.1. The van der Waals surface area contributed by atoms with Crippen molar-refractivity contribution >= 4 is 22.7 Å². The second-order valence-electron chi connectivity index (χ2n) is 4.23. The lowest BCUT2D eigenvalue weighted by atomic mass is 10.2. The summed E-state index contributed by atoms with van der Waals surface area (Å²) in [6, 6.07) is 8.12. The van der Waals surface area contributed by atoms with Crippen LogP contribution >= 0.6 is 0 Å². The third kappa shape index (κ3) is 6.05. The molecule has 0 aromatic heterocycles. The standard InChI is InChI=1S/C14H19NO5S/c1-19-10-13(16)15-12(14(17)20-2)8-9-21(18)11-6-4-3-5-7-11/h3-7,12H,8-10H2,1-2H3,(H,15,16)/t12-,21-/m1/s1. The fourth-order valence-electron chi connectivity index (χ4n) is 1.67. The molecule has 2 atom stereocenters. The van der Waals surface area contributed by atoms with Crippen molar-refractivity contribution in [1.82, 2.24) is 5.32 Å². The average molecular weight is 313 g/mol. The third-order valence-electron chi connectivity index (χ3n) is 2.69. The summed E-state index contributed by atoms with van der Waals surface area (Å²) in [6.07, 6.45) is 0.226. The number of ether oxygens (including phenoxy) is 2. The number of carbonyl (C=O) groups excluding carboxylic acids is 2. The highest BCUT2D eigenvalue weighted by atomic mass is 32.2. The van der Waals surface area contributed by atoms with Crippen molar-refractivity contribution in [2.24, 2.45) is 0 Å². The number of hydrogen-bond acceptors (Lipinski definition) is 5. The van der Waals surface area contributed by atoms with E-state index >= 15 is 0 Å². The van der Waals surface area contributed by atoms with E-state index in [1.807, 2.05) is 6.07 Å². The van der Waals surface area contributed by atoms with Crippen LogP contribution in [0, 0.1) is 0 Å². The van der Waals surface area contributed by atoms with Crippen LogP contribution in [0.4, 0.5) is 0 Å². The Labute approximate surface area is 126 Å². The summed E-state index contributed by atoms with van der Waals surface area (Å²) in [7, 11) is 1.40. The van der Waals surface area contributed by atoms with Gasteiger partial charge < -0.3 is 14.8 Å². The van der Waals surface area contributed by atoms with Gasteiger partial charge in [-0.15, -0.1) is 0 Å². The minimum Gasteiger partial charge on any atom is -0.467 e. The minimum absolute atomic E-state index is 0.144. The first-order valence-corrected chi connectivity index (χ1v) is 7.70. The van der Waals surface area contributed by atoms with Gasteiger partial charge in [0.25, 0.3) is 0 Å². The molecule has 1 aromatic carbocycles. The summed E-state index contributed by atoms with van der Waals surface area (Å²) in [5, 5.41) is 2.50. The van der Waals surface area contributed by atoms with E-state index in [4.69, 9.17) is 0 Å². The summed E-state index contributed by atoms with van der Waals surface area (Å²) in [6.45, 7) is -0.144. The number of carbonyl (C=O) groups is 2. The van der Waals surface area contributed by atoms with E-state index in [9.17, 15) is 13.8 Å². The van der Waals surface area contributed by atoms with Crippen LogP contribution in [-0.4, -0.2) is 48.7 Å². The molecule has 0 saturated heterocycles. The van der Waals surface area contributed by atoms with Crippen LogP contribution in [0.3, 0.4) is 0 Å². The van der Waals surface area contributed by atoms with E-state index in [2.05, 4.69) is 14.8 Å². The highest BCUT2D eigenvalue weighted by Gasteiger charge is 2.22. The predicted molar refractivity (Wildman–Crippen MR) is 78.2 cm³/mol. The molecule has 0 aliphatic rings. The second-order valence-corrected chi connectivity index (χ2v) is 5.80. The predicted octanol–water partition coefficient (Wildman–Crippen LogP) is 0.488. The molecular weight excluding hydrogens is 294 g/mol. The summed E-state index contributed by atoms with van der Waals surface area (Å²) < 4.78 is 21.4. The number of esters is 1. The first kappa shape index (κ1) is 17.3. The van der Waals surface area contributed by atoms with Crippen molar-refractivity contribution < 1.29 is 23.3 Å². The molecular formula is C14H19NO5S. The highest BCUT2D eigenvalue weighted by Crippen LogP contribution is 2.08. The average Bonchev–Trinajstić information content (AvgIpc) is 2.51. The summed E-state index contributed by atoms with van der Waals surface area (Å²) in [5.74, 6) is -0.736. The fourth-order valence-corrected chi connectivity index (χ4v) is 2.82. The number of amides is 1. The van der Waals surface area contributed by atoms with E-state index in [-0.39, 0.29) is 18.8 Å². The lowest BCUT2D eigenvalue weighted by molar-refractivity contribution is -0.145. The van der Waals surface area contributed by atoms with Gasteiger partial charge in [0.15, 0.2) is 0 Å². The van der Waals surface area contributed by atoms with Crippen molar-refractivity contribution in [2.45, 2.75) is 17.4 Å².